The number of nitrogens with one attached hydrogen (secondary N) is 1. The SMILES string of the molecule is COCNCCc1cc(C)c(C)cc1C. The summed E-state index contributed by atoms with van der Waals surface area (Å²) in [6, 6.07) is 4.56. The summed E-state index contributed by atoms with van der Waals surface area (Å²) in [7, 11) is 1.70. The summed E-state index contributed by atoms with van der Waals surface area (Å²) in [5, 5.41) is 3.22. The molecule has 0 heterocycles. The van der Waals surface area contributed by atoms with E-state index in [2.05, 4.69) is 38.2 Å². The second-order valence-corrected chi connectivity index (χ2v) is 4.05. The van der Waals surface area contributed by atoms with E-state index in [0.29, 0.717) is 6.73 Å². The molecule has 2 nitrogen and oxygen atoms in total. The fourth-order valence-electron chi connectivity index (χ4n) is 1.69. The molecule has 0 radical (unpaired) electrons. The van der Waals surface area contributed by atoms with E-state index in [1.165, 1.54) is 22.3 Å². The lowest BCUT2D eigenvalue weighted by Gasteiger charge is -2.10. The van der Waals surface area contributed by atoms with Crippen LogP contribution in [0.5, 0.6) is 0 Å². The lowest BCUT2D eigenvalue weighted by atomic mass is 9.99. The first-order valence-electron chi connectivity index (χ1n) is 5.41. The zero-order valence-electron chi connectivity index (χ0n) is 10.2. The molecule has 0 saturated heterocycles. The van der Waals surface area contributed by atoms with Crippen molar-refractivity contribution in [3.63, 3.8) is 0 Å². The van der Waals surface area contributed by atoms with Crippen molar-refractivity contribution >= 4 is 0 Å². The molecule has 84 valence electrons. The number of hydrogen-bond donors (Lipinski definition) is 1. The van der Waals surface area contributed by atoms with Gasteiger partial charge in [0.15, 0.2) is 0 Å². The Morgan fingerprint density at radius 3 is 2.40 bits per heavy atom. The van der Waals surface area contributed by atoms with E-state index in [1.807, 2.05) is 0 Å². The molecule has 0 spiro atoms. The van der Waals surface area contributed by atoms with Gasteiger partial charge in [-0.15, -0.1) is 0 Å². The van der Waals surface area contributed by atoms with Crippen LogP contribution in [0.1, 0.15) is 22.3 Å². The molecule has 2 heteroatoms. The third kappa shape index (κ3) is 3.65. The minimum absolute atomic E-state index is 0.629. The number of aryl methyl sites for hydroxylation is 3. The summed E-state index contributed by atoms with van der Waals surface area (Å²) >= 11 is 0. The molecular weight excluding hydrogens is 186 g/mol. The molecule has 0 aliphatic rings. The van der Waals surface area contributed by atoms with Crippen LogP contribution in [0.3, 0.4) is 0 Å². The molecule has 0 aliphatic heterocycles. The normalized spacial score (nSPS) is 10.7. The predicted octanol–water partition coefficient (Wildman–Crippen LogP) is 2.35. The van der Waals surface area contributed by atoms with E-state index in [1.54, 1.807) is 7.11 Å². The molecule has 15 heavy (non-hydrogen) atoms. The maximum atomic E-state index is 4.94. The highest BCUT2D eigenvalue weighted by Gasteiger charge is 2.01. The quantitative estimate of drug-likeness (QED) is 0.591. The van der Waals surface area contributed by atoms with Crippen molar-refractivity contribution in [2.45, 2.75) is 27.2 Å². The van der Waals surface area contributed by atoms with Gasteiger partial charge in [-0.3, -0.25) is 5.32 Å². The minimum Gasteiger partial charge on any atom is -0.370 e. The van der Waals surface area contributed by atoms with Gasteiger partial charge in [0.2, 0.25) is 0 Å². The maximum absolute atomic E-state index is 4.94. The van der Waals surface area contributed by atoms with Crippen molar-refractivity contribution in [1.82, 2.24) is 5.32 Å². The van der Waals surface area contributed by atoms with Crippen LogP contribution in [0.4, 0.5) is 0 Å². The topological polar surface area (TPSA) is 21.3 Å². The predicted molar refractivity (Wildman–Crippen MR) is 64.2 cm³/mol. The van der Waals surface area contributed by atoms with Crippen LogP contribution in [0.15, 0.2) is 12.1 Å². The fourth-order valence-corrected chi connectivity index (χ4v) is 1.69. The third-order valence-electron chi connectivity index (χ3n) is 2.77. The lowest BCUT2D eigenvalue weighted by molar-refractivity contribution is 0.176. The van der Waals surface area contributed by atoms with E-state index in [4.69, 9.17) is 4.74 Å². The number of ether oxygens (including phenoxy) is 1. The maximum Gasteiger partial charge on any atom is 0.0961 e. The molecule has 0 aliphatic carbocycles. The van der Waals surface area contributed by atoms with Crippen LogP contribution in [0.2, 0.25) is 0 Å². The highest BCUT2D eigenvalue weighted by atomic mass is 16.5. The molecule has 0 unspecified atom stereocenters. The first kappa shape index (κ1) is 12.2. The van der Waals surface area contributed by atoms with Crippen LogP contribution in [-0.4, -0.2) is 20.4 Å². The van der Waals surface area contributed by atoms with Gasteiger partial charge in [-0.1, -0.05) is 12.1 Å². The Hall–Kier alpha value is -0.860. The molecule has 1 rings (SSSR count). The van der Waals surface area contributed by atoms with Gasteiger partial charge in [0.25, 0.3) is 0 Å². The zero-order valence-corrected chi connectivity index (χ0v) is 10.2. The zero-order chi connectivity index (χ0) is 11.3. The Bertz CT molecular complexity index is 321. The standard InChI is InChI=1S/C13H21NO/c1-10-7-12(3)13(8-11(10)2)5-6-14-9-15-4/h7-8,14H,5-6,9H2,1-4H3. The number of rotatable bonds is 5. The number of hydrogen-bond acceptors (Lipinski definition) is 2. The van der Waals surface area contributed by atoms with Gasteiger partial charge < -0.3 is 4.74 Å². The van der Waals surface area contributed by atoms with Crippen LogP contribution >= 0.6 is 0 Å². The van der Waals surface area contributed by atoms with Crippen molar-refractivity contribution in [3.8, 4) is 0 Å². The Balaban J connectivity index is 2.57. The third-order valence-corrected chi connectivity index (χ3v) is 2.77. The summed E-state index contributed by atoms with van der Waals surface area (Å²) in [5.74, 6) is 0. The van der Waals surface area contributed by atoms with Crippen LogP contribution < -0.4 is 5.32 Å². The molecule has 0 amide bonds. The second kappa shape index (κ2) is 5.89. The van der Waals surface area contributed by atoms with Gasteiger partial charge in [-0.05, 0) is 49.4 Å². The largest absolute Gasteiger partial charge is 0.370 e. The van der Waals surface area contributed by atoms with E-state index in [-0.39, 0.29) is 0 Å². The first-order chi connectivity index (χ1) is 7.15. The van der Waals surface area contributed by atoms with E-state index in [0.717, 1.165) is 13.0 Å². The van der Waals surface area contributed by atoms with Gasteiger partial charge in [0.1, 0.15) is 0 Å². The monoisotopic (exact) mass is 207 g/mol. The average molecular weight is 207 g/mol. The van der Waals surface area contributed by atoms with Crippen LogP contribution in [-0.2, 0) is 11.2 Å². The lowest BCUT2D eigenvalue weighted by Crippen LogP contribution is -2.19. The van der Waals surface area contributed by atoms with E-state index >= 15 is 0 Å². The van der Waals surface area contributed by atoms with Gasteiger partial charge in [-0.2, -0.15) is 0 Å². The van der Waals surface area contributed by atoms with Crippen molar-refractivity contribution in [2.75, 3.05) is 20.4 Å². The van der Waals surface area contributed by atoms with Crippen molar-refractivity contribution in [1.29, 1.82) is 0 Å². The second-order valence-electron chi connectivity index (χ2n) is 4.05. The van der Waals surface area contributed by atoms with Crippen LogP contribution in [0.25, 0.3) is 0 Å². The molecule has 1 aromatic rings. The molecule has 0 bridgehead atoms. The summed E-state index contributed by atoms with van der Waals surface area (Å²) in [6.45, 7) is 8.11. The molecule has 0 fully saturated rings. The molecular formula is C13H21NO. The van der Waals surface area contributed by atoms with Crippen molar-refractivity contribution in [2.24, 2.45) is 0 Å². The van der Waals surface area contributed by atoms with Gasteiger partial charge in [0.05, 0.1) is 6.73 Å². The Labute approximate surface area is 92.6 Å². The molecule has 1 aromatic carbocycles. The molecule has 0 aromatic heterocycles. The summed E-state index contributed by atoms with van der Waals surface area (Å²) in [5.41, 5.74) is 5.57. The van der Waals surface area contributed by atoms with Crippen molar-refractivity contribution < 1.29 is 4.74 Å². The first-order valence-corrected chi connectivity index (χ1v) is 5.41. The Kier molecular flexibility index (Phi) is 4.79. The van der Waals surface area contributed by atoms with Gasteiger partial charge >= 0.3 is 0 Å². The van der Waals surface area contributed by atoms with Crippen LogP contribution in [0, 0.1) is 20.8 Å². The number of methoxy groups -OCH3 is 1. The summed E-state index contributed by atoms with van der Waals surface area (Å²) < 4.78 is 4.94. The Morgan fingerprint density at radius 2 is 1.73 bits per heavy atom. The molecule has 0 atom stereocenters. The summed E-state index contributed by atoms with van der Waals surface area (Å²) in [6.07, 6.45) is 1.07. The van der Waals surface area contributed by atoms with Gasteiger partial charge in [-0.25, -0.2) is 0 Å². The molecule has 0 saturated carbocycles. The van der Waals surface area contributed by atoms with Gasteiger partial charge in [0, 0.05) is 13.7 Å². The smallest absolute Gasteiger partial charge is 0.0961 e. The number of benzene rings is 1. The average Bonchev–Trinajstić information content (AvgIpc) is 2.20. The highest BCUT2D eigenvalue weighted by Crippen LogP contribution is 2.15. The summed E-state index contributed by atoms with van der Waals surface area (Å²) in [4.78, 5) is 0. The van der Waals surface area contributed by atoms with Crippen molar-refractivity contribution in [3.05, 3.63) is 34.4 Å². The fraction of sp³-hybridized carbons (Fsp3) is 0.538. The molecule has 1 N–H and O–H groups in total. The minimum atomic E-state index is 0.629. The highest BCUT2D eigenvalue weighted by molar-refractivity contribution is 5.36. The van der Waals surface area contributed by atoms with E-state index in [9.17, 15) is 0 Å². The van der Waals surface area contributed by atoms with E-state index < -0.39 is 0 Å². The Morgan fingerprint density at radius 1 is 1.07 bits per heavy atom.